The fourth-order valence-electron chi connectivity index (χ4n) is 2.72. The average molecular weight is 401 g/mol. The number of rotatable bonds is 7. The summed E-state index contributed by atoms with van der Waals surface area (Å²) in [6, 6.07) is 20.3. The van der Waals surface area contributed by atoms with Gasteiger partial charge in [0.1, 0.15) is 0 Å². The van der Waals surface area contributed by atoms with E-state index in [0.29, 0.717) is 17.9 Å². The van der Waals surface area contributed by atoms with Gasteiger partial charge in [0, 0.05) is 23.6 Å². The molecule has 140 valence electrons. The van der Waals surface area contributed by atoms with Gasteiger partial charge in [-0.25, -0.2) is 13.6 Å². The molecule has 0 radical (unpaired) electrons. The Balaban J connectivity index is 1.48. The Morgan fingerprint density at radius 1 is 0.963 bits per heavy atom. The van der Waals surface area contributed by atoms with E-state index < -0.39 is 10.0 Å². The molecule has 0 fully saturated rings. The summed E-state index contributed by atoms with van der Waals surface area (Å²) >= 11 is 1.71. The monoisotopic (exact) mass is 400 g/mol. The number of hydrogen-bond acceptors (Lipinski definition) is 4. The lowest BCUT2D eigenvalue weighted by molar-refractivity contribution is -0.115. The van der Waals surface area contributed by atoms with E-state index in [0.717, 1.165) is 5.75 Å². The molecule has 0 aromatic heterocycles. The Kier molecular flexibility index (Phi) is 6.15. The molecule has 27 heavy (non-hydrogen) atoms. The van der Waals surface area contributed by atoms with Gasteiger partial charge in [0.05, 0.1) is 4.90 Å². The van der Waals surface area contributed by atoms with Crippen molar-refractivity contribution in [2.45, 2.75) is 17.1 Å². The van der Waals surface area contributed by atoms with Crippen molar-refractivity contribution in [3.05, 3.63) is 72.3 Å². The van der Waals surface area contributed by atoms with Crippen molar-refractivity contribution in [2.75, 3.05) is 11.1 Å². The number of carbonyl (C=O) groups is 1. The zero-order valence-corrected chi connectivity index (χ0v) is 16.2. The minimum atomic E-state index is -3.72. The molecule has 0 saturated carbocycles. The second kappa shape index (κ2) is 8.56. The molecule has 0 atom stereocenters. The minimum Gasteiger partial charge on any atom is -0.326 e. The van der Waals surface area contributed by atoms with E-state index in [2.05, 4.69) is 35.6 Å². The van der Waals surface area contributed by atoms with Crippen molar-refractivity contribution < 1.29 is 13.2 Å². The number of nitrogens with one attached hydrogen (secondary N) is 1. The van der Waals surface area contributed by atoms with Crippen LogP contribution in [0.2, 0.25) is 0 Å². The molecule has 0 aliphatic carbocycles. The fraction of sp³-hybridized carbons (Fsp3) is 0.150. The lowest BCUT2D eigenvalue weighted by atomic mass is 10.1. The van der Waals surface area contributed by atoms with Gasteiger partial charge in [-0.15, -0.1) is 0 Å². The molecular formula is C20H20N2O3S2. The van der Waals surface area contributed by atoms with Crippen LogP contribution in [0.3, 0.4) is 0 Å². The van der Waals surface area contributed by atoms with E-state index in [1.54, 1.807) is 11.8 Å². The number of fused-ring (bicyclic) bond motifs is 1. The Morgan fingerprint density at radius 2 is 1.67 bits per heavy atom. The van der Waals surface area contributed by atoms with Crippen LogP contribution in [0.15, 0.2) is 71.6 Å². The molecule has 0 unspecified atom stereocenters. The van der Waals surface area contributed by atoms with E-state index in [1.807, 2.05) is 12.1 Å². The molecule has 3 aromatic rings. The summed E-state index contributed by atoms with van der Waals surface area (Å²) in [5.74, 6) is 1.44. The van der Waals surface area contributed by atoms with E-state index >= 15 is 0 Å². The van der Waals surface area contributed by atoms with Gasteiger partial charge >= 0.3 is 0 Å². The molecule has 5 nitrogen and oxygen atoms in total. The lowest BCUT2D eigenvalue weighted by Crippen LogP contribution is -2.14. The number of thioether (sulfide) groups is 1. The Hall–Kier alpha value is -2.35. The van der Waals surface area contributed by atoms with Crippen molar-refractivity contribution in [3.8, 4) is 0 Å². The van der Waals surface area contributed by atoms with E-state index in [-0.39, 0.29) is 10.8 Å². The first-order chi connectivity index (χ1) is 12.9. The Bertz CT molecular complexity index is 1040. The third-order valence-electron chi connectivity index (χ3n) is 4.08. The van der Waals surface area contributed by atoms with Gasteiger partial charge in [-0.1, -0.05) is 42.5 Å². The fourth-order valence-corrected chi connectivity index (χ4v) is 4.18. The molecule has 0 aliphatic rings. The molecule has 0 aliphatic heterocycles. The first-order valence-corrected chi connectivity index (χ1v) is 11.1. The molecule has 0 spiro atoms. The second-order valence-corrected chi connectivity index (χ2v) is 8.73. The molecule has 0 bridgehead atoms. The Morgan fingerprint density at radius 3 is 2.41 bits per heavy atom. The van der Waals surface area contributed by atoms with Crippen molar-refractivity contribution in [2.24, 2.45) is 5.14 Å². The minimum absolute atomic E-state index is 0.0196. The van der Waals surface area contributed by atoms with Gasteiger partial charge in [-0.2, -0.15) is 11.8 Å². The van der Waals surface area contributed by atoms with Crippen LogP contribution in [0.1, 0.15) is 12.0 Å². The second-order valence-electron chi connectivity index (χ2n) is 6.06. The van der Waals surface area contributed by atoms with Gasteiger partial charge in [-0.3, -0.25) is 4.79 Å². The van der Waals surface area contributed by atoms with Crippen LogP contribution in [-0.4, -0.2) is 20.1 Å². The zero-order valence-electron chi connectivity index (χ0n) is 14.6. The topological polar surface area (TPSA) is 89.3 Å². The van der Waals surface area contributed by atoms with Gasteiger partial charge in [0.25, 0.3) is 0 Å². The van der Waals surface area contributed by atoms with Crippen LogP contribution in [-0.2, 0) is 20.6 Å². The smallest absolute Gasteiger partial charge is 0.238 e. The summed E-state index contributed by atoms with van der Waals surface area (Å²) in [5, 5.41) is 10.3. The summed E-state index contributed by atoms with van der Waals surface area (Å²) in [6.45, 7) is 0. The third kappa shape index (κ3) is 5.32. The maximum atomic E-state index is 12.1. The first kappa shape index (κ1) is 19.4. The van der Waals surface area contributed by atoms with Crippen LogP contribution in [0, 0.1) is 0 Å². The molecule has 0 heterocycles. The van der Waals surface area contributed by atoms with Crippen molar-refractivity contribution in [1.29, 1.82) is 0 Å². The number of anilines is 1. The van der Waals surface area contributed by atoms with Crippen molar-refractivity contribution >= 4 is 44.2 Å². The summed E-state index contributed by atoms with van der Waals surface area (Å²) < 4.78 is 22.5. The number of amides is 1. The standard InChI is InChI=1S/C20H20N2O3S2/c21-27(24,25)18-10-8-17(9-11-18)22-20(23)12-13-26-14-16-6-3-5-15-4-1-2-7-19(15)16/h1-11H,12-14H2,(H,22,23)(H2,21,24,25). The quantitative estimate of drug-likeness (QED) is 0.591. The number of nitrogens with two attached hydrogens (primary N) is 1. The predicted molar refractivity (Wildman–Crippen MR) is 111 cm³/mol. The number of benzene rings is 3. The number of carbonyl (C=O) groups excluding carboxylic acids is 1. The largest absolute Gasteiger partial charge is 0.326 e. The summed E-state index contributed by atoms with van der Waals surface area (Å²) in [6.07, 6.45) is 0.381. The highest BCUT2D eigenvalue weighted by molar-refractivity contribution is 7.98. The summed E-state index contributed by atoms with van der Waals surface area (Å²) in [7, 11) is -3.72. The number of primary sulfonamides is 1. The van der Waals surface area contributed by atoms with E-state index in [9.17, 15) is 13.2 Å². The number of sulfonamides is 1. The lowest BCUT2D eigenvalue weighted by Gasteiger charge is -2.08. The molecular weight excluding hydrogens is 380 g/mol. The van der Waals surface area contributed by atoms with E-state index in [4.69, 9.17) is 5.14 Å². The van der Waals surface area contributed by atoms with Crippen LogP contribution in [0.4, 0.5) is 5.69 Å². The molecule has 3 N–H and O–H groups in total. The molecule has 3 rings (SSSR count). The molecule has 0 saturated heterocycles. The maximum absolute atomic E-state index is 12.1. The SMILES string of the molecule is NS(=O)(=O)c1ccc(NC(=O)CCSCc2cccc3ccccc23)cc1. The predicted octanol–water partition coefficient (Wildman–Crippen LogP) is 3.75. The third-order valence-corrected chi connectivity index (χ3v) is 6.01. The van der Waals surface area contributed by atoms with Gasteiger partial charge in [0.15, 0.2) is 0 Å². The highest BCUT2D eigenvalue weighted by Gasteiger charge is 2.08. The van der Waals surface area contributed by atoms with Gasteiger partial charge in [0.2, 0.25) is 15.9 Å². The average Bonchev–Trinajstić information content (AvgIpc) is 2.65. The van der Waals surface area contributed by atoms with Crippen LogP contribution in [0.5, 0.6) is 0 Å². The Labute approximate surface area is 163 Å². The molecule has 1 amide bonds. The van der Waals surface area contributed by atoms with E-state index in [1.165, 1.54) is 40.6 Å². The highest BCUT2D eigenvalue weighted by Crippen LogP contribution is 2.23. The van der Waals surface area contributed by atoms with Crippen LogP contribution >= 0.6 is 11.8 Å². The first-order valence-electron chi connectivity index (χ1n) is 8.40. The molecule has 3 aromatic carbocycles. The molecule has 7 heteroatoms. The zero-order chi connectivity index (χ0) is 19.3. The van der Waals surface area contributed by atoms with Crippen molar-refractivity contribution in [1.82, 2.24) is 0 Å². The number of hydrogen-bond donors (Lipinski definition) is 2. The van der Waals surface area contributed by atoms with Gasteiger partial charge in [-0.05, 0) is 40.6 Å². The summed E-state index contributed by atoms with van der Waals surface area (Å²) in [4.78, 5) is 12.1. The van der Waals surface area contributed by atoms with Gasteiger partial charge < -0.3 is 5.32 Å². The van der Waals surface area contributed by atoms with Crippen molar-refractivity contribution in [3.63, 3.8) is 0 Å². The highest BCUT2D eigenvalue weighted by atomic mass is 32.2. The summed E-state index contributed by atoms with van der Waals surface area (Å²) in [5.41, 5.74) is 1.81. The van der Waals surface area contributed by atoms with Crippen LogP contribution in [0.25, 0.3) is 10.8 Å². The van der Waals surface area contributed by atoms with Crippen LogP contribution < -0.4 is 10.5 Å². The maximum Gasteiger partial charge on any atom is 0.238 e. The normalized spacial score (nSPS) is 11.4.